The van der Waals surface area contributed by atoms with Crippen molar-refractivity contribution in [3.8, 4) is 0 Å². The Bertz CT molecular complexity index is 429. The van der Waals surface area contributed by atoms with E-state index in [-0.39, 0.29) is 12.8 Å². The minimum atomic E-state index is -4.44. The molecule has 0 spiro atoms. The molecule has 18 heavy (non-hydrogen) atoms. The third kappa shape index (κ3) is 4.62. The molecule has 0 bridgehead atoms. The highest BCUT2D eigenvalue weighted by molar-refractivity contribution is 7.95. The maximum Gasteiger partial charge on any atom is 0.267 e. The molecule has 2 unspecified atom stereocenters. The molecule has 9 nitrogen and oxygen atoms in total. The van der Waals surface area contributed by atoms with Crippen molar-refractivity contribution in [3.63, 3.8) is 0 Å². The molecule has 1 aliphatic carbocycles. The lowest BCUT2D eigenvalue weighted by Crippen LogP contribution is -2.39. The van der Waals surface area contributed by atoms with Gasteiger partial charge in [-0.2, -0.15) is 21.2 Å². The molecule has 1 rings (SSSR count). The maximum absolute atomic E-state index is 11.0. The predicted molar refractivity (Wildman–Crippen MR) is 58.1 cm³/mol. The van der Waals surface area contributed by atoms with E-state index >= 15 is 0 Å². The van der Waals surface area contributed by atoms with Gasteiger partial charge >= 0.3 is 0 Å². The van der Waals surface area contributed by atoms with Crippen LogP contribution in [0, 0.1) is 0 Å². The van der Waals surface area contributed by atoms with Crippen LogP contribution in [-0.2, 0) is 29.6 Å². The molecule has 0 saturated heterocycles. The Kier molecular flexibility index (Phi) is 5.37. The molecule has 2 N–H and O–H groups in total. The van der Waals surface area contributed by atoms with Crippen molar-refractivity contribution in [2.24, 2.45) is 0 Å². The van der Waals surface area contributed by atoms with Crippen molar-refractivity contribution >= 4 is 32.3 Å². The average Bonchev–Trinajstić information content (AvgIpc) is 2.23. The number of hydrogen-bond acceptors (Lipinski definition) is 8. The third-order valence-corrected chi connectivity index (χ3v) is 5.87. The van der Waals surface area contributed by atoms with Crippen molar-refractivity contribution in [1.82, 2.24) is 0 Å². The van der Waals surface area contributed by atoms with E-state index in [0.29, 0.717) is 12.0 Å². The molecule has 0 aromatic carbocycles. The molecule has 0 heterocycles. The van der Waals surface area contributed by atoms with Crippen LogP contribution in [0.25, 0.3) is 0 Å². The first-order valence-electron chi connectivity index (χ1n) is 4.69. The van der Waals surface area contributed by atoms with E-state index < -0.39 is 42.4 Å². The normalized spacial score (nSPS) is 30.3. The molecule has 1 aliphatic rings. The van der Waals surface area contributed by atoms with Crippen LogP contribution in [0.5, 0.6) is 0 Å². The lowest BCUT2D eigenvalue weighted by molar-refractivity contribution is -0.777. The smallest absolute Gasteiger partial charge is 0.267 e. The fraction of sp³-hybridized carbons (Fsp3) is 1.00. The summed E-state index contributed by atoms with van der Waals surface area (Å²) in [5.41, 5.74) is 0. The molecule has 0 aromatic heterocycles. The standard InChI is InChI=1S/C6H12O9S3/c7-14-15-16-4-1-5(17(8,9)10)3-6(2-4)18(11,12)13/h4-7H,1-3H2,(H,8,9,10)(H,11,12,13)/p-1. The summed E-state index contributed by atoms with van der Waals surface area (Å²) in [7, 11) is -8.88. The van der Waals surface area contributed by atoms with E-state index in [9.17, 15) is 22.1 Å². The first-order valence-corrected chi connectivity index (χ1v) is 8.50. The second kappa shape index (κ2) is 6.00. The summed E-state index contributed by atoms with van der Waals surface area (Å²) in [6.07, 6.45) is -0.634. The molecule has 12 heteroatoms. The Labute approximate surface area is 108 Å². The van der Waals surface area contributed by atoms with Gasteiger partial charge in [0.1, 0.15) is 0 Å². The first kappa shape index (κ1) is 16.1. The Hall–Kier alpha value is 0.0500. The minimum absolute atomic E-state index is 0.112. The molecule has 2 atom stereocenters. The summed E-state index contributed by atoms with van der Waals surface area (Å²) in [5, 5.41) is 9.33. The summed E-state index contributed by atoms with van der Waals surface area (Å²) in [6, 6.07) is 0. The molecule has 0 aliphatic heterocycles. The van der Waals surface area contributed by atoms with Gasteiger partial charge in [0.15, 0.2) is 0 Å². The van der Waals surface area contributed by atoms with E-state index in [0.717, 1.165) is 0 Å². The molecule has 108 valence electrons. The first-order chi connectivity index (χ1) is 8.14. The highest BCUT2D eigenvalue weighted by Crippen LogP contribution is 2.34. The van der Waals surface area contributed by atoms with Crippen LogP contribution in [0.4, 0.5) is 0 Å². The van der Waals surface area contributed by atoms with Gasteiger partial charge in [0.2, 0.25) is 0 Å². The van der Waals surface area contributed by atoms with Crippen LogP contribution in [0.2, 0.25) is 0 Å². The van der Waals surface area contributed by atoms with Crippen molar-refractivity contribution in [3.05, 3.63) is 0 Å². The molecule has 0 radical (unpaired) electrons. The number of rotatable bonds is 5. The average molecular weight is 323 g/mol. The summed E-state index contributed by atoms with van der Waals surface area (Å²) in [4.78, 5) is 0. The quantitative estimate of drug-likeness (QED) is 0.277. The maximum atomic E-state index is 11.0. The zero-order chi connectivity index (χ0) is 14.0. The van der Waals surface area contributed by atoms with E-state index in [1.807, 2.05) is 0 Å². The molecular formula is C6H11O9S3-. The fourth-order valence-electron chi connectivity index (χ4n) is 1.80. The summed E-state index contributed by atoms with van der Waals surface area (Å²) < 4.78 is 65.9. The van der Waals surface area contributed by atoms with Gasteiger partial charge in [-0.25, -0.2) is 0 Å². The molecule has 0 aromatic rings. The second-order valence-corrected chi connectivity index (χ2v) is 8.22. The zero-order valence-electron chi connectivity index (χ0n) is 8.83. The van der Waals surface area contributed by atoms with Gasteiger partial charge in [-0.3, -0.25) is 14.1 Å². The highest BCUT2D eigenvalue weighted by Gasteiger charge is 2.41. The minimum Gasteiger partial charge on any atom is -0.691 e. The van der Waals surface area contributed by atoms with Crippen molar-refractivity contribution in [2.75, 3.05) is 0 Å². The summed E-state index contributed by atoms with van der Waals surface area (Å²) in [6.45, 7) is 0. The third-order valence-electron chi connectivity index (χ3n) is 2.62. The summed E-state index contributed by atoms with van der Waals surface area (Å²) >= 11 is 0.451. The van der Waals surface area contributed by atoms with E-state index in [4.69, 9.17) is 9.11 Å². The van der Waals surface area contributed by atoms with Crippen LogP contribution < -0.4 is 5.26 Å². The van der Waals surface area contributed by atoms with E-state index in [1.54, 1.807) is 0 Å². The van der Waals surface area contributed by atoms with Gasteiger partial charge in [-0.1, -0.05) is 0 Å². The van der Waals surface area contributed by atoms with Gasteiger partial charge < -0.3 is 5.26 Å². The van der Waals surface area contributed by atoms with E-state index in [2.05, 4.69) is 9.37 Å². The highest BCUT2D eigenvalue weighted by atomic mass is 32.2. The Morgan fingerprint density at radius 3 is 1.78 bits per heavy atom. The van der Waals surface area contributed by atoms with Crippen LogP contribution in [0.15, 0.2) is 0 Å². The van der Waals surface area contributed by atoms with Gasteiger partial charge in [0.05, 0.1) is 10.5 Å². The number of hydrogen-bond donors (Lipinski definition) is 2. The zero-order valence-corrected chi connectivity index (χ0v) is 11.3. The van der Waals surface area contributed by atoms with Gasteiger partial charge in [0.25, 0.3) is 20.2 Å². The summed E-state index contributed by atoms with van der Waals surface area (Å²) in [5.74, 6) is 0. The topological polar surface area (TPSA) is 150 Å². The Balaban J connectivity index is 2.86. The predicted octanol–water partition coefficient (Wildman–Crippen LogP) is -1.08. The van der Waals surface area contributed by atoms with Crippen LogP contribution in [0.3, 0.4) is 0 Å². The van der Waals surface area contributed by atoms with Crippen LogP contribution in [0.1, 0.15) is 19.3 Å². The largest absolute Gasteiger partial charge is 0.691 e. The fourth-order valence-corrected chi connectivity index (χ4v) is 4.84. The van der Waals surface area contributed by atoms with Crippen LogP contribution >= 0.6 is 12.0 Å². The SMILES string of the molecule is O=S(=O)(O)C1CC(SOO[O-])CC(S(=O)(=O)O)C1. The monoisotopic (exact) mass is 323 g/mol. The molecule has 1 saturated carbocycles. The van der Waals surface area contributed by atoms with Gasteiger partial charge in [-0.15, -0.1) is 0 Å². The second-order valence-electron chi connectivity index (χ2n) is 3.84. The lowest BCUT2D eigenvalue weighted by atomic mass is 9.99. The Morgan fingerprint density at radius 2 is 1.44 bits per heavy atom. The van der Waals surface area contributed by atoms with Crippen molar-refractivity contribution in [2.45, 2.75) is 35.0 Å². The van der Waals surface area contributed by atoms with Crippen molar-refractivity contribution in [1.29, 1.82) is 0 Å². The lowest BCUT2D eigenvalue weighted by Gasteiger charge is -2.30. The molecular weight excluding hydrogens is 312 g/mol. The van der Waals surface area contributed by atoms with E-state index in [1.165, 1.54) is 0 Å². The van der Waals surface area contributed by atoms with Gasteiger partial charge in [0, 0.05) is 17.3 Å². The van der Waals surface area contributed by atoms with Gasteiger partial charge in [-0.05, 0) is 19.3 Å². The Morgan fingerprint density at radius 1 is 1.00 bits per heavy atom. The van der Waals surface area contributed by atoms with Crippen LogP contribution in [-0.4, -0.2) is 41.7 Å². The molecule has 0 amide bonds. The molecule has 1 fully saturated rings. The van der Waals surface area contributed by atoms with Crippen molar-refractivity contribution < 1.29 is 40.6 Å².